The van der Waals surface area contributed by atoms with Crippen LogP contribution in [-0.2, 0) is 0 Å². The van der Waals surface area contributed by atoms with Crippen LogP contribution in [-0.4, -0.2) is 22.9 Å². The van der Waals surface area contributed by atoms with Gasteiger partial charge in [0.1, 0.15) is 0 Å². The summed E-state index contributed by atoms with van der Waals surface area (Å²) in [5, 5.41) is 20.9. The molecule has 3 fully saturated rings. The van der Waals surface area contributed by atoms with E-state index in [9.17, 15) is 10.2 Å². The lowest BCUT2D eigenvalue weighted by atomic mass is 9.46. The molecule has 0 aromatic heterocycles. The summed E-state index contributed by atoms with van der Waals surface area (Å²) in [7, 11) is 0. The zero-order chi connectivity index (χ0) is 22.4. The van der Waals surface area contributed by atoms with Crippen molar-refractivity contribution in [3.63, 3.8) is 0 Å². The summed E-state index contributed by atoms with van der Waals surface area (Å²) in [6, 6.07) is 0. The van der Waals surface area contributed by atoms with Crippen molar-refractivity contribution in [2.75, 3.05) is 6.61 Å². The predicted octanol–water partition coefficient (Wildman–Crippen LogP) is 7.00. The summed E-state index contributed by atoms with van der Waals surface area (Å²) in [5.74, 6) is 5.64. The van der Waals surface area contributed by atoms with E-state index in [4.69, 9.17) is 0 Å². The standard InChI is InChI=1S/C29H50O2/c1-6-21(19(2)3)8-7-20(4)25-11-12-26-24-10-9-22-17-23(31)13-16-29(22,18-30)27(24)14-15-28(25,26)5/h9,19-21,23-27,30-31H,6-8,10-18H2,1-5H3/t20-,21+,23+,24+,25-,26?,27?,28-,29-/m1/s1. The molecule has 0 bridgehead atoms. The monoisotopic (exact) mass is 430 g/mol. The lowest BCUT2D eigenvalue weighted by molar-refractivity contribution is -0.0797. The lowest BCUT2D eigenvalue weighted by Crippen LogP contribution is -2.53. The van der Waals surface area contributed by atoms with Gasteiger partial charge in [-0.25, -0.2) is 0 Å². The first-order valence-corrected chi connectivity index (χ1v) is 13.7. The molecule has 0 aliphatic heterocycles. The SMILES string of the molecule is CC[C@@H](CC[C@@H](C)[C@H]1CCC2[C@@H]3CC=C4C[C@@H](O)CC[C@]4(CO)C3CC[C@@]21C)C(C)C. The van der Waals surface area contributed by atoms with Crippen LogP contribution in [0.5, 0.6) is 0 Å². The summed E-state index contributed by atoms with van der Waals surface area (Å²) in [5.41, 5.74) is 1.88. The van der Waals surface area contributed by atoms with E-state index in [0.29, 0.717) is 17.9 Å². The van der Waals surface area contributed by atoms with Crippen molar-refractivity contribution in [3.8, 4) is 0 Å². The van der Waals surface area contributed by atoms with Crippen molar-refractivity contribution in [3.05, 3.63) is 11.6 Å². The first-order chi connectivity index (χ1) is 14.8. The van der Waals surface area contributed by atoms with Gasteiger partial charge < -0.3 is 10.2 Å². The van der Waals surface area contributed by atoms with Gasteiger partial charge >= 0.3 is 0 Å². The fourth-order valence-electron chi connectivity index (χ4n) is 9.39. The number of aliphatic hydroxyl groups excluding tert-OH is 2. The Labute approximate surface area is 192 Å². The molecule has 4 rings (SSSR count). The van der Waals surface area contributed by atoms with Crippen LogP contribution in [0.25, 0.3) is 0 Å². The van der Waals surface area contributed by atoms with Crippen molar-refractivity contribution < 1.29 is 10.2 Å². The molecule has 0 saturated heterocycles. The molecule has 0 aromatic carbocycles. The Morgan fingerprint density at radius 1 is 1.03 bits per heavy atom. The molecule has 178 valence electrons. The van der Waals surface area contributed by atoms with Gasteiger partial charge in [-0.15, -0.1) is 0 Å². The molecule has 0 spiro atoms. The molecule has 9 atom stereocenters. The summed E-state index contributed by atoms with van der Waals surface area (Å²) < 4.78 is 0. The summed E-state index contributed by atoms with van der Waals surface area (Å²) >= 11 is 0. The zero-order valence-corrected chi connectivity index (χ0v) is 21.1. The second-order valence-electron chi connectivity index (χ2n) is 12.7. The van der Waals surface area contributed by atoms with E-state index in [0.717, 1.165) is 54.8 Å². The highest BCUT2D eigenvalue weighted by atomic mass is 16.3. The molecule has 31 heavy (non-hydrogen) atoms. The second kappa shape index (κ2) is 9.13. The molecule has 3 saturated carbocycles. The molecule has 0 aromatic rings. The number of hydrogen-bond donors (Lipinski definition) is 2. The maximum Gasteiger partial charge on any atom is 0.0577 e. The Morgan fingerprint density at radius 3 is 2.48 bits per heavy atom. The van der Waals surface area contributed by atoms with Crippen LogP contribution in [0, 0.1) is 52.3 Å². The minimum Gasteiger partial charge on any atom is -0.395 e. The third-order valence-electron chi connectivity index (χ3n) is 11.3. The van der Waals surface area contributed by atoms with Gasteiger partial charge in [-0.1, -0.05) is 59.1 Å². The first-order valence-electron chi connectivity index (χ1n) is 13.7. The van der Waals surface area contributed by atoms with Crippen LogP contribution >= 0.6 is 0 Å². The second-order valence-corrected chi connectivity index (χ2v) is 12.7. The van der Waals surface area contributed by atoms with E-state index >= 15 is 0 Å². The summed E-state index contributed by atoms with van der Waals surface area (Å²) in [6.07, 6.45) is 15.7. The van der Waals surface area contributed by atoms with Gasteiger partial charge in [-0.05, 0) is 105 Å². The molecular weight excluding hydrogens is 380 g/mol. The largest absolute Gasteiger partial charge is 0.395 e. The van der Waals surface area contributed by atoms with E-state index in [1.807, 2.05) is 0 Å². The molecule has 0 amide bonds. The molecule has 0 radical (unpaired) electrons. The molecule has 2 heteroatoms. The van der Waals surface area contributed by atoms with E-state index in [2.05, 4.69) is 40.7 Å². The fourth-order valence-corrected chi connectivity index (χ4v) is 9.39. The number of allylic oxidation sites excluding steroid dienone is 1. The van der Waals surface area contributed by atoms with E-state index in [1.165, 1.54) is 56.9 Å². The van der Waals surface area contributed by atoms with Crippen LogP contribution in [0.2, 0.25) is 0 Å². The van der Waals surface area contributed by atoms with Crippen LogP contribution in [0.4, 0.5) is 0 Å². The van der Waals surface area contributed by atoms with Crippen molar-refractivity contribution in [1.82, 2.24) is 0 Å². The highest BCUT2D eigenvalue weighted by molar-refractivity contribution is 5.26. The third kappa shape index (κ3) is 3.96. The average Bonchev–Trinajstić information content (AvgIpc) is 3.10. The highest BCUT2D eigenvalue weighted by Gasteiger charge is 2.60. The van der Waals surface area contributed by atoms with E-state index in [1.54, 1.807) is 0 Å². The molecule has 2 nitrogen and oxygen atoms in total. The van der Waals surface area contributed by atoms with Gasteiger partial charge in [0.05, 0.1) is 12.7 Å². The van der Waals surface area contributed by atoms with Gasteiger partial charge in [0, 0.05) is 5.41 Å². The Morgan fingerprint density at radius 2 is 1.81 bits per heavy atom. The molecule has 2 N–H and O–H groups in total. The normalized spacial score (nSPS) is 44.3. The zero-order valence-electron chi connectivity index (χ0n) is 21.1. The Balaban J connectivity index is 1.50. The maximum atomic E-state index is 10.6. The lowest BCUT2D eigenvalue weighted by Gasteiger charge is -2.59. The first kappa shape index (κ1) is 23.8. The predicted molar refractivity (Wildman–Crippen MR) is 130 cm³/mol. The average molecular weight is 431 g/mol. The summed E-state index contributed by atoms with van der Waals surface area (Å²) in [6.45, 7) is 12.7. The number of aliphatic hydroxyl groups is 2. The number of fused-ring (bicyclic) bond motifs is 5. The number of hydrogen-bond acceptors (Lipinski definition) is 2. The molecule has 4 aliphatic carbocycles. The van der Waals surface area contributed by atoms with Gasteiger partial charge in [-0.2, -0.15) is 0 Å². The third-order valence-corrected chi connectivity index (χ3v) is 11.3. The highest BCUT2D eigenvalue weighted by Crippen LogP contribution is 2.67. The smallest absolute Gasteiger partial charge is 0.0577 e. The van der Waals surface area contributed by atoms with Gasteiger partial charge in [0.25, 0.3) is 0 Å². The van der Waals surface area contributed by atoms with Crippen molar-refractivity contribution in [2.45, 2.75) is 111 Å². The fraction of sp³-hybridized carbons (Fsp3) is 0.931. The van der Waals surface area contributed by atoms with Gasteiger partial charge in [-0.3, -0.25) is 0 Å². The van der Waals surface area contributed by atoms with Gasteiger partial charge in [0.2, 0.25) is 0 Å². The van der Waals surface area contributed by atoms with Crippen molar-refractivity contribution in [1.29, 1.82) is 0 Å². The van der Waals surface area contributed by atoms with E-state index in [-0.39, 0.29) is 11.5 Å². The van der Waals surface area contributed by atoms with E-state index < -0.39 is 0 Å². The minimum absolute atomic E-state index is 0.0151. The van der Waals surface area contributed by atoms with Crippen LogP contribution in [0.15, 0.2) is 11.6 Å². The molecule has 0 heterocycles. The molecular formula is C29H50O2. The Kier molecular flexibility index (Phi) is 7.01. The van der Waals surface area contributed by atoms with Crippen LogP contribution in [0.1, 0.15) is 105 Å². The maximum absolute atomic E-state index is 10.6. The Bertz CT molecular complexity index is 653. The molecule has 2 unspecified atom stereocenters. The van der Waals surface area contributed by atoms with Crippen molar-refractivity contribution in [2.24, 2.45) is 52.3 Å². The quantitative estimate of drug-likeness (QED) is 0.427. The Hall–Kier alpha value is -0.340. The van der Waals surface area contributed by atoms with Crippen LogP contribution < -0.4 is 0 Å². The topological polar surface area (TPSA) is 40.5 Å². The van der Waals surface area contributed by atoms with Crippen LogP contribution in [0.3, 0.4) is 0 Å². The number of rotatable bonds is 7. The summed E-state index contributed by atoms with van der Waals surface area (Å²) in [4.78, 5) is 0. The molecule has 4 aliphatic rings. The minimum atomic E-state index is -0.189. The van der Waals surface area contributed by atoms with Gasteiger partial charge in [0.15, 0.2) is 0 Å². The van der Waals surface area contributed by atoms with Crippen molar-refractivity contribution >= 4 is 0 Å².